The molecule has 0 bridgehead atoms. The number of hydrogen-bond acceptors (Lipinski definition) is 4. The van der Waals surface area contributed by atoms with Crippen LogP contribution in [0, 0.1) is 0 Å². The number of aliphatic carboxylic acids is 1. The van der Waals surface area contributed by atoms with E-state index in [0.29, 0.717) is 30.3 Å². The summed E-state index contributed by atoms with van der Waals surface area (Å²) in [5, 5.41) is 18.5. The van der Waals surface area contributed by atoms with Gasteiger partial charge in [-0.05, 0) is 31.0 Å². The van der Waals surface area contributed by atoms with Crippen LogP contribution in [0.1, 0.15) is 25.3 Å². The number of aliphatic hydroxyl groups is 1. The molecular weight excluding hydrogens is 248 g/mol. The van der Waals surface area contributed by atoms with Crippen molar-refractivity contribution in [3.63, 3.8) is 0 Å². The van der Waals surface area contributed by atoms with Crippen LogP contribution in [-0.4, -0.2) is 36.0 Å². The molecule has 1 aromatic carbocycles. The minimum absolute atomic E-state index is 0.155. The van der Waals surface area contributed by atoms with Gasteiger partial charge in [-0.3, -0.25) is 4.79 Å². The van der Waals surface area contributed by atoms with Crippen LogP contribution in [0.2, 0.25) is 0 Å². The van der Waals surface area contributed by atoms with E-state index in [1.54, 1.807) is 25.1 Å². The summed E-state index contributed by atoms with van der Waals surface area (Å²) in [5.41, 5.74) is -0.516. The lowest BCUT2D eigenvalue weighted by molar-refractivity contribution is -0.143. The van der Waals surface area contributed by atoms with Gasteiger partial charge in [-0.2, -0.15) is 0 Å². The van der Waals surface area contributed by atoms with Crippen molar-refractivity contribution in [2.75, 3.05) is 19.8 Å². The summed E-state index contributed by atoms with van der Waals surface area (Å²) in [4.78, 5) is 11.5. The van der Waals surface area contributed by atoms with E-state index in [1.165, 1.54) is 0 Å². The normalized spacial score (nSPS) is 17.4. The predicted molar refractivity (Wildman–Crippen MR) is 68.7 cm³/mol. The Morgan fingerprint density at radius 3 is 2.63 bits per heavy atom. The first-order chi connectivity index (χ1) is 9.08. The molecular formula is C14H18O5. The maximum Gasteiger partial charge on any atom is 0.313 e. The third-order valence-electron chi connectivity index (χ3n) is 3.47. The molecule has 2 rings (SSSR count). The highest BCUT2D eigenvalue weighted by Gasteiger charge is 2.35. The van der Waals surface area contributed by atoms with Crippen LogP contribution in [0.3, 0.4) is 0 Å². The van der Waals surface area contributed by atoms with Gasteiger partial charge in [0.05, 0.1) is 18.6 Å². The third-order valence-corrected chi connectivity index (χ3v) is 3.47. The number of carboxylic acids is 1. The first kappa shape index (κ1) is 13.7. The standard InChI is InChI=1S/C14H18O5/c1-14(5-6-15,13(16)17)10-3-4-11-12(9-10)19-8-2-7-18-11/h3-4,9,15H,2,5-8H2,1H3,(H,16,17). The van der Waals surface area contributed by atoms with Crippen molar-refractivity contribution in [1.82, 2.24) is 0 Å². The summed E-state index contributed by atoms with van der Waals surface area (Å²) in [5.74, 6) is 0.245. The van der Waals surface area contributed by atoms with Crippen molar-refractivity contribution in [3.8, 4) is 11.5 Å². The van der Waals surface area contributed by atoms with Crippen LogP contribution in [0.5, 0.6) is 11.5 Å². The van der Waals surface area contributed by atoms with Crippen LogP contribution >= 0.6 is 0 Å². The average Bonchev–Trinajstić information content (AvgIpc) is 2.62. The van der Waals surface area contributed by atoms with E-state index in [1.807, 2.05) is 0 Å². The van der Waals surface area contributed by atoms with E-state index in [9.17, 15) is 9.90 Å². The molecule has 1 atom stereocenters. The molecule has 1 aliphatic heterocycles. The highest BCUT2D eigenvalue weighted by Crippen LogP contribution is 2.36. The molecule has 2 N–H and O–H groups in total. The Balaban J connectivity index is 2.39. The predicted octanol–water partition coefficient (Wildman–Crippen LogP) is 1.57. The Bertz CT molecular complexity index is 471. The summed E-state index contributed by atoms with van der Waals surface area (Å²) in [6.07, 6.45) is 0.957. The maximum absolute atomic E-state index is 11.5. The van der Waals surface area contributed by atoms with Crippen molar-refractivity contribution < 1.29 is 24.5 Å². The van der Waals surface area contributed by atoms with E-state index < -0.39 is 11.4 Å². The van der Waals surface area contributed by atoms with E-state index in [4.69, 9.17) is 14.6 Å². The summed E-state index contributed by atoms with van der Waals surface area (Å²) < 4.78 is 11.1. The highest BCUT2D eigenvalue weighted by molar-refractivity contribution is 5.81. The van der Waals surface area contributed by atoms with Gasteiger partial charge in [-0.25, -0.2) is 0 Å². The van der Waals surface area contributed by atoms with Crippen LogP contribution in [0.4, 0.5) is 0 Å². The first-order valence-corrected chi connectivity index (χ1v) is 6.32. The van der Waals surface area contributed by atoms with E-state index in [0.717, 1.165) is 6.42 Å². The largest absolute Gasteiger partial charge is 0.490 e. The van der Waals surface area contributed by atoms with E-state index in [2.05, 4.69) is 0 Å². The molecule has 1 aliphatic rings. The van der Waals surface area contributed by atoms with Crippen molar-refractivity contribution >= 4 is 5.97 Å². The first-order valence-electron chi connectivity index (χ1n) is 6.32. The lowest BCUT2D eigenvalue weighted by Crippen LogP contribution is -2.33. The Labute approximate surface area is 111 Å². The molecule has 0 aromatic heterocycles. The van der Waals surface area contributed by atoms with Gasteiger partial charge in [0.2, 0.25) is 0 Å². The molecule has 0 aliphatic carbocycles. The lowest BCUT2D eigenvalue weighted by atomic mass is 9.79. The molecule has 104 valence electrons. The molecule has 19 heavy (non-hydrogen) atoms. The van der Waals surface area contributed by atoms with Crippen LogP contribution < -0.4 is 9.47 Å². The van der Waals surface area contributed by atoms with Crippen LogP contribution in [0.25, 0.3) is 0 Å². The lowest BCUT2D eigenvalue weighted by Gasteiger charge is -2.25. The molecule has 5 nitrogen and oxygen atoms in total. The van der Waals surface area contributed by atoms with Crippen molar-refractivity contribution in [2.24, 2.45) is 0 Å². The minimum atomic E-state index is -1.13. The zero-order chi connectivity index (χ0) is 13.9. The molecule has 0 spiro atoms. The Morgan fingerprint density at radius 2 is 2.00 bits per heavy atom. The van der Waals surface area contributed by atoms with Crippen molar-refractivity contribution in [2.45, 2.75) is 25.2 Å². The number of rotatable bonds is 4. The molecule has 0 saturated heterocycles. The van der Waals surface area contributed by atoms with Gasteiger partial charge >= 0.3 is 5.97 Å². The van der Waals surface area contributed by atoms with Gasteiger partial charge in [0, 0.05) is 13.0 Å². The quantitative estimate of drug-likeness (QED) is 0.865. The summed E-state index contributed by atoms with van der Waals surface area (Å²) in [7, 11) is 0. The molecule has 1 unspecified atom stereocenters. The number of aliphatic hydroxyl groups excluding tert-OH is 1. The Kier molecular flexibility index (Phi) is 3.95. The Morgan fingerprint density at radius 1 is 1.32 bits per heavy atom. The molecule has 0 radical (unpaired) electrons. The monoisotopic (exact) mass is 266 g/mol. The molecule has 5 heteroatoms. The Hall–Kier alpha value is -1.75. The second-order valence-corrected chi connectivity index (χ2v) is 4.82. The van der Waals surface area contributed by atoms with Crippen LogP contribution in [0.15, 0.2) is 18.2 Å². The average molecular weight is 266 g/mol. The van der Waals surface area contributed by atoms with Gasteiger partial charge in [0.1, 0.15) is 0 Å². The fourth-order valence-electron chi connectivity index (χ4n) is 2.10. The smallest absolute Gasteiger partial charge is 0.313 e. The second kappa shape index (κ2) is 5.48. The topological polar surface area (TPSA) is 76.0 Å². The SMILES string of the molecule is CC(CCO)(C(=O)O)c1ccc2c(c1)OCCCO2. The van der Waals surface area contributed by atoms with Crippen LogP contribution in [-0.2, 0) is 10.2 Å². The van der Waals surface area contributed by atoms with E-state index in [-0.39, 0.29) is 13.0 Å². The zero-order valence-corrected chi connectivity index (χ0v) is 10.9. The number of carbonyl (C=O) groups is 1. The molecule has 0 saturated carbocycles. The molecule has 0 amide bonds. The van der Waals surface area contributed by atoms with Gasteiger partial charge in [0.25, 0.3) is 0 Å². The number of fused-ring (bicyclic) bond motifs is 1. The fourth-order valence-corrected chi connectivity index (χ4v) is 2.10. The van der Waals surface area contributed by atoms with Gasteiger partial charge in [-0.1, -0.05) is 6.07 Å². The number of carboxylic acid groups (broad SMARTS) is 1. The number of benzene rings is 1. The summed E-state index contributed by atoms with van der Waals surface area (Å²) in [6.45, 7) is 2.57. The van der Waals surface area contributed by atoms with Crippen molar-refractivity contribution in [1.29, 1.82) is 0 Å². The molecule has 0 fully saturated rings. The van der Waals surface area contributed by atoms with Gasteiger partial charge in [0.15, 0.2) is 11.5 Å². The second-order valence-electron chi connectivity index (χ2n) is 4.82. The number of ether oxygens (including phenoxy) is 2. The molecule has 1 heterocycles. The van der Waals surface area contributed by atoms with E-state index >= 15 is 0 Å². The highest BCUT2D eigenvalue weighted by atomic mass is 16.5. The third kappa shape index (κ3) is 2.66. The summed E-state index contributed by atoms with van der Waals surface area (Å²) in [6, 6.07) is 5.15. The number of hydrogen-bond donors (Lipinski definition) is 2. The fraction of sp³-hybridized carbons (Fsp3) is 0.500. The van der Waals surface area contributed by atoms with Gasteiger partial charge < -0.3 is 19.7 Å². The summed E-state index contributed by atoms with van der Waals surface area (Å²) >= 11 is 0. The zero-order valence-electron chi connectivity index (χ0n) is 10.9. The van der Waals surface area contributed by atoms with Crippen molar-refractivity contribution in [3.05, 3.63) is 23.8 Å². The minimum Gasteiger partial charge on any atom is -0.490 e. The van der Waals surface area contributed by atoms with Gasteiger partial charge in [-0.15, -0.1) is 0 Å². The maximum atomic E-state index is 11.5. The molecule has 1 aromatic rings.